The van der Waals surface area contributed by atoms with Crippen molar-refractivity contribution in [3.8, 4) is 5.75 Å². The van der Waals surface area contributed by atoms with Gasteiger partial charge in [0.05, 0.1) is 24.2 Å². The van der Waals surface area contributed by atoms with Crippen LogP contribution < -0.4 is 10.1 Å². The Bertz CT molecular complexity index is 923. The molecule has 0 atom stereocenters. The Hall–Kier alpha value is -2.09. The minimum atomic E-state index is -3.47. The summed E-state index contributed by atoms with van der Waals surface area (Å²) in [6, 6.07) is 11.2. The van der Waals surface area contributed by atoms with E-state index in [1.54, 1.807) is 30.3 Å². The summed E-state index contributed by atoms with van der Waals surface area (Å²) in [7, 11) is -1.94. The van der Waals surface area contributed by atoms with Gasteiger partial charge in [-0.1, -0.05) is 11.6 Å². The second-order valence-electron chi connectivity index (χ2n) is 6.26. The van der Waals surface area contributed by atoms with E-state index < -0.39 is 10.0 Å². The maximum Gasteiger partial charge on any atom is 0.243 e. The summed E-state index contributed by atoms with van der Waals surface area (Å²) in [5.74, 6) is 0.418. The van der Waals surface area contributed by atoms with Crippen LogP contribution in [-0.4, -0.2) is 45.3 Å². The second kappa shape index (κ2) is 8.29. The number of Topliss-reactive ketones (excluding diaryl/α,β-unsaturated/α-hetero) is 1. The van der Waals surface area contributed by atoms with E-state index in [1.165, 1.54) is 23.5 Å². The molecule has 0 aliphatic carbocycles. The molecule has 0 aromatic heterocycles. The van der Waals surface area contributed by atoms with E-state index in [0.717, 1.165) is 12.8 Å². The molecule has 0 unspecified atom stereocenters. The summed E-state index contributed by atoms with van der Waals surface area (Å²) in [6.45, 7) is 1.14. The van der Waals surface area contributed by atoms with Crippen LogP contribution in [0.2, 0.25) is 5.02 Å². The number of anilines is 1. The van der Waals surface area contributed by atoms with Crippen LogP contribution in [0.15, 0.2) is 47.4 Å². The van der Waals surface area contributed by atoms with Crippen LogP contribution in [0.25, 0.3) is 0 Å². The molecule has 27 heavy (non-hydrogen) atoms. The topological polar surface area (TPSA) is 75.7 Å². The number of halogens is 1. The molecule has 1 N–H and O–H groups in total. The Kier molecular flexibility index (Phi) is 6.04. The van der Waals surface area contributed by atoms with E-state index in [1.807, 2.05) is 0 Å². The Morgan fingerprint density at radius 3 is 2.44 bits per heavy atom. The second-order valence-corrected chi connectivity index (χ2v) is 8.63. The number of hydrogen-bond donors (Lipinski definition) is 1. The van der Waals surface area contributed by atoms with Gasteiger partial charge < -0.3 is 10.1 Å². The fourth-order valence-corrected chi connectivity index (χ4v) is 4.68. The molecule has 144 valence electrons. The summed E-state index contributed by atoms with van der Waals surface area (Å²) in [4.78, 5) is 12.6. The molecular formula is C19H21ClN2O4S. The first-order valence-electron chi connectivity index (χ1n) is 8.62. The third kappa shape index (κ3) is 4.43. The first-order chi connectivity index (χ1) is 12.9. The van der Waals surface area contributed by atoms with E-state index in [2.05, 4.69) is 5.32 Å². The van der Waals surface area contributed by atoms with E-state index in [9.17, 15) is 13.2 Å². The Morgan fingerprint density at radius 1 is 1.15 bits per heavy atom. The molecule has 1 saturated heterocycles. The predicted octanol–water partition coefficient (Wildman–Crippen LogP) is 3.43. The van der Waals surface area contributed by atoms with Crippen molar-refractivity contribution in [3.05, 3.63) is 53.1 Å². The predicted molar refractivity (Wildman–Crippen MR) is 105 cm³/mol. The maximum absolute atomic E-state index is 12.5. The Balaban J connectivity index is 1.68. The molecule has 3 rings (SSSR count). The number of rotatable bonds is 7. The number of carbonyl (C=O) groups excluding carboxylic acids is 1. The lowest BCUT2D eigenvalue weighted by molar-refractivity contribution is 0.101. The van der Waals surface area contributed by atoms with Crippen molar-refractivity contribution in [2.45, 2.75) is 17.7 Å². The summed E-state index contributed by atoms with van der Waals surface area (Å²) >= 11 is 5.98. The number of ketones is 1. The minimum Gasteiger partial charge on any atom is -0.495 e. The number of carbonyl (C=O) groups is 1. The van der Waals surface area contributed by atoms with E-state index in [4.69, 9.17) is 16.3 Å². The van der Waals surface area contributed by atoms with Crippen molar-refractivity contribution in [2.75, 3.05) is 32.1 Å². The zero-order valence-corrected chi connectivity index (χ0v) is 16.5. The molecule has 1 aliphatic heterocycles. The molecule has 1 heterocycles. The SMILES string of the molecule is COc1ccc(Cl)cc1NCC(=O)c1ccc(S(=O)(=O)N2CCCC2)cc1. The first-order valence-corrected chi connectivity index (χ1v) is 10.4. The molecule has 6 nitrogen and oxygen atoms in total. The van der Waals surface area contributed by atoms with Crippen LogP contribution in [-0.2, 0) is 10.0 Å². The number of methoxy groups -OCH3 is 1. The number of sulfonamides is 1. The monoisotopic (exact) mass is 408 g/mol. The van der Waals surface area contributed by atoms with Crippen LogP contribution in [0.1, 0.15) is 23.2 Å². The maximum atomic E-state index is 12.5. The zero-order chi connectivity index (χ0) is 19.4. The third-order valence-electron chi connectivity index (χ3n) is 4.48. The van der Waals surface area contributed by atoms with Gasteiger partial charge in [-0.25, -0.2) is 8.42 Å². The molecular weight excluding hydrogens is 388 g/mol. The normalized spacial score (nSPS) is 14.9. The number of nitrogens with one attached hydrogen (secondary N) is 1. The first kappa shape index (κ1) is 19.7. The fraction of sp³-hybridized carbons (Fsp3) is 0.316. The number of ether oxygens (including phenoxy) is 1. The summed E-state index contributed by atoms with van der Waals surface area (Å²) in [6.07, 6.45) is 1.77. The summed E-state index contributed by atoms with van der Waals surface area (Å²) < 4.78 is 31.8. The Labute approximate surface area is 164 Å². The summed E-state index contributed by atoms with van der Waals surface area (Å²) in [5, 5.41) is 3.54. The van der Waals surface area contributed by atoms with Gasteiger partial charge in [-0.2, -0.15) is 4.31 Å². The van der Waals surface area contributed by atoms with Gasteiger partial charge in [0, 0.05) is 23.7 Å². The van der Waals surface area contributed by atoms with Crippen molar-refractivity contribution in [3.63, 3.8) is 0 Å². The molecule has 0 radical (unpaired) electrons. The lowest BCUT2D eigenvalue weighted by Gasteiger charge is -2.15. The average Bonchev–Trinajstić information content (AvgIpc) is 3.22. The molecule has 0 bridgehead atoms. The number of nitrogens with zero attached hydrogens (tertiary/aromatic N) is 1. The molecule has 1 aliphatic rings. The van der Waals surface area contributed by atoms with Crippen molar-refractivity contribution in [1.82, 2.24) is 4.31 Å². The largest absolute Gasteiger partial charge is 0.495 e. The molecule has 0 amide bonds. The van der Waals surface area contributed by atoms with Crippen LogP contribution in [0.5, 0.6) is 5.75 Å². The van der Waals surface area contributed by atoms with Gasteiger partial charge in [-0.05, 0) is 55.3 Å². The van der Waals surface area contributed by atoms with Crippen molar-refractivity contribution >= 4 is 33.1 Å². The standard InChI is InChI=1S/C19H21ClN2O4S/c1-26-19-9-6-15(20)12-17(19)21-13-18(23)14-4-7-16(8-5-14)27(24,25)22-10-2-3-11-22/h4-9,12,21H,2-3,10-11,13H2,1H3. The van der Waals surface area contributed by atoms with E-state index >= 15 is 0 Å². The fourth-order valence-electron chi connectivity index (χ4n) is 2.99. The van der Waals surface area contributed by atoms with Gasteiger partial charge in [0.1, 0.15) is 5.75 Å². The molecule has 0 saturated carbocycles. The van der Waals surface area contributed by atoms with Crippen molar-refractivity contribution < 1.29 is 17.9 Å². The highest BCUT2D eigenvalue weighted by molar-refractivity contribution is 7.89. The molecule has 2 aromatic rings. The highest BCUT2D eigenvalue weighted by atomic mass is 35.5. The average molecular weight is 409 g/mol. The molecule has 2 aromatic carbocycles. The Morgan fingerprint density at radius 2 is 1.81 bits per heavy atom. The lowest BCUT2D eigenvalue weighted by Crippen LogP contribution is -2.27. The molecule has 1 fully saturated rings. The number of benzene rings is 2. The van der Waals surface area contributed by atoms with Gasteiger partial charge in [0.25, 0.3) is 0 Å². The van der Waals surface area contributed by atoms with E-state index in [0.29, 0.717) is 35.1 Å². The van der Waals surface area contributed by atoms with Crippen molar-refractivity contribution in [2.24, 2.45) is 0 Å². The minimum absolute atomic E-state index is 0.0366. The summed E-state index contributed by atoms with van der Waals surface area (Å²) in [5.41, 5.74) is 1.05. The number of hydrogen-bond acceptors (Lipinski definition) is 5. The van der Waals surface area contributed by atoms with Gasteiger partial charge in [-0.15, -0.1) is 0 Å². The quantitative estimate of drug-likeness (QED) is 0.710. The highest BCUT2D eigenvalue weighted by Crippen LogP contribution is 2.27. The molecule has 8 heteroatoms. The van der Waals surface area contributed by atoms with Crippen molar-refractivity contribution in [1.29, 1.82) is 0 Å². The van der Waals surface area contributed by atoms with Crippen LogP contribution in [0.3, 0.4) is 0 Å². The lowest BCUT2D eigenvalue weighted by atomic mass is 10.1. The zero-order valence-electron chi connectivity index (χ0n) is 14.9. The van der Waals surface area contributed by atoms with E-state index in [-0.39, 0.29) is 17.2 Å². The van der Waals surface area contributed by atoms with Crippen LogP contribution in [0.4, 0.5) is 5.69 Å². The third-order valence-corrected chi connectivity index (χ3v) is 6.63. The van der Waals surface area contributed by atoms with Gasteiger partial charge >= 0.3 is 0 Å². The van der Waals surface area contributed by atoms with Crippen LogP contribution >= 0.6 is 11.6 Å². The van der Waals surface area contributed by atoms with Gasteiger partial charge in [0.2, 0.25) is 10.0 Å². The molecule has 0 spiro atoms. The van der Waals surface area contributed by atoms with Crippen LogP contribution in [0, 0.1) is 0 Å². The van der Waals surface area contributed by atoms with Gasteiger partial charge in [0.15, 0.2) is 5.78 Å². The van der Waals surface area contributed by atoms with Gasteiger partial charge in [-0.3, -0.25) is 4.79 Å². The smallest absolute Gasteiger partial charge is 0.243 e. The highest BCUT2D eigenvalue weighted by Gasteiger charge is 2.27.